The largest absolute Gasteiger partial charge is 0.103 e. The predicted octanol–water partition coefficient (Wildman–Crippen LogP) is 8.12. The number of rotatable bonds is 6. The van der Waals surface area contributed by atoms with Gasteiger partial charge in [0.1, 0.15) is 0 Å². The van der Waals surface area contributed by atoms with Gasteiger partial charge in [-0.3, -0.25) is 0 Å². The average molecular weight is 349 g/mol. The molecule has 2 aromatic rings. The highest BCUT2D eigenvalue weighted by atomic mass is 14.1. The Kier molecular flexibility index (Phi) is 11.8. The second kappa shape index (κ2) is 12.9. The molecule has 0 saturated carbocycles. The minimum Gasteiger partial charge on any atom is -0.103 e. The number of hydrogen-bond acceptors (Lipinski definition) is 0. The number of aryl methyl sites for hydroxylation is 1. The molecule has 0 aromatic heterocycles. The van der Waals surface area contributed by atoms with E-state index >= 15 is 0 Å². The van der Waals surface area contributed by atoms with Crippen molar-refractivity contribution in [1.82, 2.24) is 0 Å². The van der Waals surface area contributed by atoms with E-state index in [1.165, 1.54) is 38.9 Å². The summed E-state index contributed by atoms with van der Waals surface area (Å²) in [5.74, 6) is 0. The molecule has 0 unspecified atom stereocenters. The van der Waals surface area contributed by atoms with E-state index < -0.39 is 0 Å². The summed E-state index contributed by atoms with van der Waals surface area (Å²) in [5.41, 5.74) is 8.99. The minimum absolute atomic E-state index is 0.861. The maximum atomic E-state index is 3.90. The minimum atomic E-state index is 0.861. The van der Waals surface area contributed by atoms with Gasteiger partial charge < -0.3 is 0 Å². The molecule has 140 valence electrons. The molecule has 0 bridgehead atoms. The zero-order valence-corrected chi connectivity index (χ0v) is 17.7. The first kappa shape index (κ1) is 23.7. The van der Waals surface area contributed by atoms with Crippen LogP contribution in [0.5, 0.6) is 0 Å². The Morgan fingerprint density at radius 1 is 0.808 bits per heavy atom. The Morgan fingerprint density at radius 3 is 1.96 bits per heavy atom. The second-order valence-corrected chi connectivity index (χ2v) is 5.69. The lowest BCUT2D eigenvalue weighted by Gasteiger charge is -2.14. The molecule has 0 aliphatic carbocycles. The lowest BCUT2D eigenvalue weighted by atomic mass is 9.91. The molecule has 0 fully saturated rings. The molecule has 0 nitrogen and oxygen atoms in total. The van der Waals surface area contributed by atoms with Gasteiger partial charge >= 0.3 is 0 Å². The molecule has 0 heteroatoms. The van der Waals surface area contributed by atoms with Gasteiger partial charge in [-0.15, -0.1) is 13.2 Å². The smallest absolute Gasteiger partial charge is 0.00940 e. The topological polar surface area (TPSA) is 0 Å². The molecular weight excluding hydrogens is 312 g/mol. The number of benzene rings is 2. The van der Waals surface area contributed by atoms with Gasteiger partial charge in [-0.1, -0.05) is 82.8 Å². The fourth-order valence-electron chi connectivity index (χ4n) is 2.82. The van der Waals surface area contributed by atoms with Gasteiger partial charge in [0.05, 0.1) is 0 Å². The molecule has 0 spiro atoms. The van der Waals surface area contributed by atoms with Gasteiger partial charge in [-0.2, -0.15) is 0 Å². The molecule has 0 heterocycles. The van der Waals surface area contributed by atoms with Gasteiger partial charge in [0.2, 0.25) is 0 Å². The van der Waals surface area contributed by atoms with Crippen LogP contribution in [0, 0.1) is 13.8 Å². The summed E-state index contributed by atoms with van der Waals surface area (Å²) in [6, 6.07) is 11.1. The standard InChI is InChI=1S/C22H24.2C2H6/c1-6-9-18-13-16(4)17(5)22(14-18)21-12-11-19(8-3)20(15-21)10-7-2;2*1-2/h6-8,11-15H,1-3,9-10H2,4-5H3;2*1-2H3. The SMILES string of the molecule is C=CCc1cc(C)c(C)c(-c2ccc(C=C)c(CC=C)c2)c1.CC.CC. The predicted molar refractivity (Wildman–Crippen MR) is 122 cm³/mol. The quantitative estimate of drug-likeness (QED) is 0.462. The monoisotopic (exact) mass is 348 g/mol. The molecule has 26 heavy (non-hydrogen) atoms. The van der Waals surface area contributed by atoms with Crippen molar-refractivity contribution in [2.45, 2.75) is 54.4 Å². The normalized spacial score (nSPS) is 9.15. The lowest BCUT2D eigenvalue weighted by Crippen LogP contribution is -1.94. The number of allylic oxidation sites excluding steroid dienone is 2. The van der Waals surface area contributed by atoms with Gasteiger partial charge in [0.15, 0.2) is 0 Å². The second-order valence-electron chi connectivity index (χ2n) is 5.69. The van der Waals surface area contributed by atoms with Crippen LogP contribution in [0.3, 0.4) is 0 Å². The fourth-order valence-corrected chi connectivity index (χ4v) is 2.82. The third kappa shape index (κ3) is 6.19. The van der Waals surface area contributed by atoms with E-state index in [2.05, 4.69) is 63.9 Å². The van der Waals surface area contributed by atoms with Crippen molar-refractivity contribution in [2.75, 3.05) is 0 Å². The Balaban J connectivity index is 0.00000146. The van der Waals surface area contributed by atoms with Crippen molar-refractivity contribution in [3.05, 3.63) is 90.0 Å². The van der Waals surface area contributed by atoms with Crippen LogP contribution in [0.15, 0.2) is 62.2 Å². The lowest BCUT2D eigenvalue weighted by molar-refractivity contribution is 1.22. The zero-order valence-electron chi connectivity index (χ0n) is 17.7. The van der Waals surface area contributed by atoms with Gasteiger partial charge in [0, 0.05) is 0 Å². The fraction of sp³-hybridized carbons (Fsp3) is 0.308. The Labute approximate surface area is 162 Å². The third-order valence-electron chi connectivity index (χ3n) is 4.15. The van der Waals surface area contributed by atoms with E-state index in [-0.39, 0.29) is 0 Å². The van der Waals surface area contributed by atoms with E-state index in [1.807, 2.05) is 45.9 Å². The van der Waals surface area contributed by atoms with E-state index in [9.17, 15) is 0 Å². The van der Waals surface area contributed by atoms with Crippen LogP contribution >= 0.6 is 0 Å². The highest BCUT2D eigenvalue weighted by Gasteiger charge is 2.08. The first-order valence-corrected chi connectivity index (χ1v) is 9.68. The van der Waals surface area contributed by atoms with Crippen molar-refractivity contribution < 1.29 is 0 Å². The Bertz CT molecular complexity index is 717. The summed E-state index contributed by atoms with van der Waals surface area (Å²) in [4.78, 5) is 0. The van der Waals surface area contributed by atoms with E-state index in [1.54, 1.807) is 0 Å². The summed E-state index contributed by atoms with van der Waals surface area (Å²) in [6.07, 6.45) is 7.57. The van der Waals surface area contributed by atoms with Gasteiger partial charge in [-0.25, -0.2) is 0 Å². The summed E-state index contributed by atoms with van der Waals surface area (Å²) in [5, 5.41) is 0. The van der Waals surface area contributed by atoms with Gasteiger partial charge in [-0.05, 0) is 65.6 Å². The van der Waals surface area contributed by atoms with E-state index in [0.717, 1.165) is 12.8 Å². The zero-order chi connectivity index (χ0) is 20.1. The van der Waals surface area contributed by atoms with Crippen LogP contribution < -0.4 is 0 Å². The van der Waals surface area contributed by atoms with Gasteiger partial charge in [0.25, 0.3) is 0 Å². The molecule has 0 radical (unpaired) electrons. The third-order valence-corrected chi connectivity index (χ3v) is 4.15. The van der Waals surface area contributed by atoms with E-state index in [0.29, 0.717) is 0 Å². The maximum Gasteiger partial charge on any atom is -0.00940 e. The van der Waals surface area contributed by atoms with Crippen molar-refractivity contribution in [1.29, 1.82) is 0 Å². The molecular formula is C26H36. The average Bonchev–Trinajstić information content (AvgIpc) is 2.68. The molecule has 0 atom stereocenters. The van der Waals surface area contributed by atoms with Crippen molar-refractivity contribution >= 4 is 6.08 Å². The van der Waals surface area contributed by atoms with Crippen LogP contribution in [-0.2, 0) is 12.8 Å². The molecule has 2 aromatic carbocycles. The summed E-state index contributed by atoms with van der Waals surface area (Å²) < 4.78 is 0. The highest BCUT2D eigenvalue weighted by molar-refractivity contribution is 5.72. The molecule has 0 amide bonds. The van der Waals surface area contributed by atoms with Crippen molar-refractivity contribution in [3.8, 4) is 11.1 Å². The number of hydrogen-bond donors (Lipinski definition) is 0. The van der Waals surface area contributed by atoms with Crippen LogP contribution in [0.25, 0.3) is 17.2 Å². The Morgan fingerprint density at radius 2 is 1.42 bits per heavy atom. The molecule has 0 aliphatic rings. The maximum absolute atomic E-state index is 3.90. The van der Waals surface area contributed by atoms with Crippen LogP contribution in [-0.4, -0.2) is 0 Å². The van der Waals surface area contributed by atoms with E-state index in [4.69, 9.17) is 0 Å². The van der Waals surface area contributed by atoms with Crippen LogP contribution in [0.2, 0.25) is 0 Å². The van der Waals surface area contributed by atoms with Crippen LogP contribution in [0.4, 0.5) is 0 Å². The summed E-state index contributed by atoms with van der Waals surface area (Å²) in [6.45, 7) is 24.0. The first-order valence-electron chi connectivity index (χ1n) is 9.68. The molecule has 0 saturated heterocycles. The first-order chi connectivity index (χ1) is 12.6. The van der Waals surface area contributed by atoms with Crippen molar-refractivity contribution in [3.63, 3.8) is 0 Å². The molecule has 0 N–H and O–H groups in total. The van der Waals surface area contributed by atoms with Crippen LogP contribution in [0.1, 0.15) is 55.5 Å². The summed E-state index contributed by atoms with van der Waals surface area (Å²) in [7, 11) is 0. The molecule has 2 rings (SSSR count). The van der Waals surface area contributed by atoms with Crippen molar-refractivity contribution in [2.24, 2.45) is 0 Å². The highest BCUT2D eigenvalue weighted by Crippen LogP contribution is 2.30. The summed E-state index contributed by atoms with van der Waals surface area (Å²) >= 11 is 0. The Hall–Kier alpha value is -2.34. The molecule has 0 aliphatic heterocycles.